The molecular formula is C21H25F3N6O2. The molecule has 1 aliphatic rings. The topological polar surface area (TPSA) is 95.6 Å². The monoisotopic (exact) mass is 450 g/mol. The van der Waals surface area contributed by atoms with Gasteiger partial charge >= 0.3 is 12.1 Å². The molecule has 32 heavy (non-hydrogen) atoms. The Labute approximate surface area is 183 Å². The molecule has 1 aliphatic carbocycles. The van der Waals surface area contributed by atoms with E-state index < -0.39 is 12.1 Å². The first-order valence-corrected chi connectivity index (χ1v) is 10.3. The molecule has 0 unspecified atom stereocenters. The van der Waals surface area contributed by atoms with Gasteiger partial charge in [-0.15, -0.1) is 15.3 Å². The number of nitrogens with one attached hydrogen (secondary N) is 1. The molecule has 1 aromatic carbocycles. The molecule has 1 fully saturated rings. The number of rotatable bonds is 6. The molecule has 1 saturated carbocycles. The summed E-state index contributed by atoms with van der Waals surface area (Å²) in [6, 6.07) is 14.7. The Morgan fingerprint density at radius 2 is 1.81 bits per heavy atom. The Balaban J connectivity index is 0.000000360. The summed E-state index contributed by atoms with van der Waals surface area (Å²) in [6.07, 6.45) is 0.330. The summed E-state index contributed by atoms with van der Waals surface area (Å²) in [5, 5.41) is 23.7. The van der Waals surface area contributed by atoms with Crippen LogP contribution >= 0.6 is 0 Å². The summed E-state index contributed by atoms with van der Waals surface area (Å²) in [5.41, 5.74) is 1.77. The van der Waals surface area contributed by atoms with Crippen LogP contribution in [0.1, 0.15) is 25.7 Å². The van der Waals surface area contributed by atoms with Crippen molar-refractivity contribution in [2.45, 2.75) is 37.9 Å². The molecular weight excluding hydrogens is 425 g/mol. The lowest BCUT2D eigenvalue weighted by atomic mass is 10.2. The minimum Gasteiger partial charge on any atom is -0.475 e. The Morgan fingerprint density at radius 1 is 1.16 bits per heavy atom. The highest BCUT2D eigenvalue weighted by Gasteiger charge is 2.38. The standard InChI is InChI=1S/C19H24N6.C2HF3O2/c1-24(16-9-5-6-10-16)14-13-20-17-11-12-18-21-22-19(25(18)23-17)15-7-3-2-4-8-15;3-2(4,5)1(6)7/h2-4,7-8,11-12,16H,5-6,9-10,13-14H2,1H3,(H,20,23);(H,6,7). The van der Waals surface area contributed by atoms with Crippen molar-refractivity contribution in [3.63, 3.8) is 0 Å². The van der Waals surface area contributed by atoms with Gasteiger partial charge in [0.15, 0.2) is 11.5 Å². The van der Waals surface area contributed by atoms with E-state index >= 15 is 0 Å². The fraction of sp³-hybridized carbons (Fsp3) is 0.429. The van der Waals surface area contributed by atoms with Crippen molar-refractivity contribution < 1.29 is 23.1 Å². The average Bonchev–Trinajstić information content (AvgIpc) is 3.44. The van der Waals surface area contributed by atoms with Gasteiger partial charge in [-0.05, 0) is 32.0 Å². The van der Waals surface area contributed by atoms with Crippen LogP contribution in [0.3, 0.4) is 0 Å². The molecule has 0 amide bonds. The smallest absolute Gasteiger partial charge is 0.475 e. The van der Waals surface area contributed by atoms with Gasteiger partial charge in [0.05, 0.1) is 0 Å². The Hall–Kier alpha value is -3.21. The molecule has 0 atom stereocenters. The molecule has 2 N–H and O–H groups in total. The number of alkyl halides is 3. The van der Waals surface area contributed by atoms with Gasteiger partial charge in [0.25, 0.3) is 0 Å². The van der Waals surface area contributed by atoms with E-state index in [4.69, 9.17) is 9.90 Å². The zero-order chi connectivity index (χ0) is 23.1. The molecule has 0 saturated heterocycles. The van der Waals surface area contributed by atoms with E-state index in [0.717, 1.165) is 42.0 Å². The number of nitrogens with zero attached hydrogens (tertiary/aromatic N) is 5. The number of aromatic nitrogens is 4. The van der Waals surface area contributed by atoms with Crippen molar-refractivity contribution in [1.29, 1.82) is 0 Å². The van der Waals surface area contributed by atoms with Gasteiger partial charge in [-0.25, -0.2) is 4.79 Å². The molecule has 2 heterocycles. The minimum absolute atomic E-state index is 0.750. The maximum Gasteiger partial charge on any atom is 0.490 e. The number of carboxylic acids is 1. The third-order valence-electron chi connectivity index (χ3n) is 5.26. The van der Waals surface area contributed by atoms with Crippen LogP contribution in [0.5, 0.6) is 0 Å². The number of likely N-dealkylation sites (N-methyl/N-ethyl adjacent to an activating group) is 1. The molecule has 3 aromatic rings. The Kier molecular flexibility index (Phi) is 7.62. The Morgan fingerprint density at radius 3 is 2.44 bits per heavy atom. The number of hydrogen-bond acceptors (Lipinski definition) is 6. The molecule has 2 aromatic heterocycles. The zero-order valence-electron chi connectivity index (χ0n) is 17.6. The van der Waals surface area contributed by atoms with E-state index in [0.29, 0.717) is 0 Å². The van der Waals surface area contributed by atoms with Crippen LogP contribution in [0.4, 0.5) is 19.0 Å². The molecule has 0 radical (unpaired) electrons. The van der Waals surface area contributed by atoms with Gasteiger partial charge < -0.3 is 15.3 Å². The first-order chi connectivity index (χ1) is 15.3. The van der Waals surface area contributed by atoms with E-state index in [2.05, 4.69) is 32.6 Å². The number of anilines is 1. The van der Waals surface area contributed by atoms with E-state index in [1.807, 2.05) is 42.5 Å². The van der Waals surface area contributed by atoms with Crippen LogP contribution < -0.4 is 5.32 Å². The summed E-state index contributed by atoms with van der Waals surface area (Å²) >= 11 is 0. The van der Waals surface area contributed by atoms with Crippen molar-refractivity contribution in [2.24, 2.45) is 0 Å². The lowest BCUT2D eigenvalue weighted by Crippen LogP contribution is -2.33. The molecule has 172 valence electrons. The van der Waals surface area contributed by atoms with Gasteiger partial charge in [-0.3, -0.25) is 0 Å². The van der Waals surface area contributed by atoms with Crippen molar-refractivity contribution in [3.8, 4) is 11.4 Å². The fourth-order valence-electron chi connectivity index (χ4n) is 3.54. The van der Waals surface area contributed by atoms with Crippen LogP contribution in [0.15, 0.2) is 42.5 Å². The van der Waals surface area contributed by atoms with Crippen LogP contribution in [0.25, 0.3) is 17.0 Å². The fourth-order valence-corrected chi connectivity index (χ4v) is 3.54. The zero-order valence-corrected chi connectivity index (χ0v) is 17.6. The largest absolute Gasteiger partial charge is 0.490 e. The second kappa shape index (κ2) is 10.4. The third-order valence-corrected chi connectivity index (χ3v) is 5.26. The van der Waals surface area contributed by atoms with Crippen molar-refractivity contribution in [2.75, 3.05) is 25.5 Å². The van der Waals surface area contributed by atoms with Gasteiger partial charge in [-0.1, -0.05) is 43.2 Å². The number of hydrogen-bond donors (Lipinski definition) is 2. The lowest BCUT2D eigenvalue weighted by molar-refractivity contribution is -0.192. The summed E-state index contributed by atoms with van der Waals surface area (Å²) in [4.78, 5) is 11.4. The molecule has 8 nitrogen and oxygen atoms in total. The molecule has 11 heteroatoms. The number of benzene rings is 1. The highest BCUT2D eigenvalue weighted by molar-refractivity contribution is 5.73. The molecule has 4 rings (SSSR count). The van der Waals surface area contributed by atoms with Crippen molar-refractivity contribution in [3.05, 3.63) is 42.5 Å². The second-order valence-electron chi connectivity index (χ2n) is 7.53. The number of halogens is 3. The van der Waals surface area contributed by atoms with Crippen LogP contribution in [-0.4, -0.2) is 68.1 Å². The van der Waals surface area contributed by atoms with Gasteiger partial charge in [0, 0.05) is 24.7 Å². The van der Waals surface area contributed by atoms with Crippen molar-refractivity contribution >= 4 is 17.4 Å². The SMILES string of the molecule is CN(CCNc1ccc2nnc(-c3ccccc3)n2n1)C1CCCC1.O=C(O)C(F)(F)F. The second-order valence-corrected chi connectivity index (χ2v) is 7.53. The first-order valence-electron chi connectivity index (χ1n) is 10.3. The maximum absolute atomic E-state index is 10.6. The molecule has 0 aliphatic heterocycles. The van der Waals surface area contributed by atoms with E-state index in [1.54, 1.807) is 4.52 Å². The Bertz CT molecular complexity index is 1020. The third kappa shape index (κ3) is 6.16. The lowest BCUT2D eigenvalue weighted by Gasteiger charge is -2.24. The number of carbonyl (C=O) groups is 1. The number of aliphatic carboxylic acids is 1. The van der Waals surface area contributed by atoms with Crippen LogP contribution in [0.2, 0.25) is 0 Å². The first kappa shape index (κ1) is 23.5. The van der Waals surface area contributed by atoms with Crippen LogP contribution in [-0.2, 0) is 4.79 Å². The number of carboxylic acid groups (broad SMARTS) is 1. The van der Waals surface area contributed by atoms with Gasteiger partial charge in [0.1, 0.15) is 5.82 Å². The quantitative estimate of drug-likeness (QED) is 0.591. The van der Waals surface area contributed by atoms with Crippen LogP contribution in [0, 0.1) is 0 Å². The van der Waals surface area contributed by atoms with E-state index in [9.17, 15) is 13.2 Å². The van der Waals surface area contributed by atoms with E-state index in [-0.39, 0.29) is 0 Å². The average molecular weight is 450 g/mol. The summed E-state index contributed by atoms with van der Waals surface area (Å²) in [6.45, 7) is 1.91. The summed E-state index contributed by atoms with van der Waals surface area (Å²) in [5.74, 6) is -1.14. The molecule has 0 spiro atoms. The molecule has 0 bridgehead atoms. The summed E-state index contributed by atoms with van der Waals surface area (Å²) in [7, 11) is 2.22. The predicted octanol–water partition coefficient (Wildman–Crippen LogP) is 3.71. The van der Waals surface area contributed by atoms with Crippen molar-refractivity contribution in [1.82, 2.24) is 24.7 Å². The van der Waals surface area contributed by atoms with Gasteiger partial charge in [-0.2, -0.15) is 17.7 Å². The maximum atomic E-state index is 10.6. The number of fused-ring (bicyclic) bond motifs is 1. The highest BCUT2D eigenvalue weighted by atomic mass is 19.4. The minimum atomic E-state index is -5.08. The van der Waals surface area contributed by atoms with E-state index in [1.165, 1.54) is 25.7 Å². The predicted molar refractivity (Wildman–Crippen MR) is 113 cm³/mol. The normalized spacial score (nSPS) is 14.4. The summed E-state index contributed by atoms with van der Waals surface area (Å²) < 4.78 is 33.5. The highest BCUT2D eigenvalue weighted by Crippen LogP contribution is 2.22. The van der Waals surface area contributed by atoms with Gasteiger partial charge in [0.2, 0.25) is 0 Å².